The summed E-state index contributed by atoms with van der Waals surface area (Å²) in [5, 5.41) is 0. The Kier molecular flexibility index (Phi) is 2.37. The van der Waals surface area contributed by atoms with Crippen LogP contribution in [0.5, 0.6) is 0 Å². The summed E-state index contributed by atoms with van der Waals surface area (Å²) in [7, 11) is 0. The molecule has 0 aromatic carbocycles. The highest BCUT2D eigenvalue weighted by Crippen LogP contribution is 2.42. The minimum absolute atomic E-state index is 0.163. The molecular formula is C14H21N. The Morgan fingerprint density at radius 2 is 1.87 bits per heavy atom. The quantitative estimate of drug-likeness (QED) is 0.676. The Morgan fingerprint density at radius 3 is 2.33 bits per heavy atom. The van der Waals surface area contributed by atoms with Gasteiger partial charge in [-0.05, 0) is 25.0 Å². The zero-order valence-corrected chi connectivity index (χ0v) is 10.3. The van der Waals surface area contributed by atoms with Crippen LogP contribution in [-0.4, -0.2) is 4.98 Å². The minimum Gasteiger partial charge on any atom is -0.257 e. The highest BCUT2D eigenvalue weighted by molar-refractivity contribution is 5.24. The third-order valence-electron chi connectivity index (χ3n) is 3.59. The first-order valence-electron chi connectivity index (χ1n) is 5.90. The largest absolute Gasteiger partial charge is 0.257 e. The lowest BCUT2D eigenvalue weighted by atomic mass is 9.68. The van der Waals surface area contributed by atoms with E-state index in [1.165, 1.54) is 30.7 Å². The van der Waals surface area contributed by atoms with Crippen LogP contribution in [0.25, 0.3) is 0 Å². The molecular weight excluding hydrogens is 182 g/mol. The molecule has 1 aliphatic carbocycles. The fourth-order valence-electron chi connectivity index (χ4n) is 2.15. The van der Waals surface area contributed by atoms with Crippen molar-refractivity contribution in [2.45, 2.75) is 57.8 Å². The van der Waals surface area contributed by atoms with Gasteiger partial charge in [-0.2, -0.15) is 0 Å². The van der Waals surface area contributed by atoms with Crippen molar-refractivity contribution in [3.8, 4) is 0 Å². The van der Waals surface area contributed by atoms with Crippen molar-refractivity contribution >= 4 is 0 Å². The number of rotatable bonds is 1. The Hall–Kier alpha value is -0.850. The maximum Gasteiger partial charge on any atom is 0.0466 e. The fraction of sp³-hybridized carbons (Fsp3) is 0.643. The molecule has 1 saturated carbocycles. The summed E-state index contributed by atoms with van der Waals surface area (Å²) in [6.45, 7) is 9.01. The summed E-state index contributed by atoms with van der Waals surface area (Å²) in [5.41, 5.74) is 3.03. The smallest absolute Gasteiger partial charge is 0.0466 e. The van der Waals surface area contributed by atoms with E-state index >= 15 is 0 Å². The number of hydrogen-bond acceptors (Lipinski definition) is 1. The van der Waals surface area contributed by atoms with E-state index in [0.717, 1.165) is 0 Å². The molecule has 0 N–H and O–H groups in total. The molecule has 1 heteroatoms. The van der Waals surface area contributed by atoms with Gasteiger partial charge in [0.1, 0.15) is 0 Å². The lowest BCUT2D eigenvalue weighted by Gasteiger charge is -2.38. The highest BCUT2D eigenvalue weighted by atomic mass is 14.8. The Labute approximate surface area is 92.9 Å². The van der Waals surface area contributed by atoms with Crippen molar-refractivity contribution < 1.29 is 0 Å². The number of pyridine rings is 1. The van der Waals surface area contributed by atoms with Gasteiger partial charge in [-0.3, -0.25) is 4.98 Å². The first kappa shape index (κ1) is 10.7. The van der Waals surface area contributed by atoms with Crippen molar-refractivity contribution in [2.75, 3.05) is 0 Å². The van der Waals surface area contributed by atoms with Gasteiger partial charge >= 0.3 is 0 Å². The van der Waals surface area contributed by atoms with Gasteiger partial charge < -0.3 is 0 Å². The van der Waals surface area contributed by atoms with Gasteiger partial charge in [0, 0.05) is 22.2 Å². The highest BCUT2D eigenvalue weighted by Gasteiger charge is 2.35. The fourth-order valence-corrected chi connectivity index (χ4v) is 2.15. The summed E-state index contributed by atoms with van der Waals surface area (Å²) >= 11 is 0. The number of aromatic nitrogens is 1. The molecule has 1 nitrogen and oxygen atoms in total. The lowest BCUT2D eigenvalue weighted by Crippen LogP contribution is -2.32. The van der Waals surface area contributed by atoms with Crippen LogP contribution in [0.15, 0.2) is 18.2 Å². The van der Waals surface area contributed by atoms with Crippen LogP contribution in [-0.2, 0) is 10.8 Å². The molecule has 0 saturated heterocycles. The van der Waals surface area contributed by atoms with E-state index < -0.39 is 0 Å². The van der Waals surface area contributed by atoms with Crippen LogP contribution < -0.4 is 0 Å². The van der Waals surface area contributed by atoms with E-state index in [1.807, 2.05) is 0 Å². The zero-order chi connectivity index (χ0) is 11.1. The molecule has 1 fully saturated rings. The van der Waals surface area contributed by atoms with Gasteiger partial charge in [0.25, 0.3) is 0 Å². The maximum atomic E-state index is 4.84. The van der Waals surface area contributed by atoms with Crippen molar-refractivity contribution in [1.29, 1.82) is 0 Å². The van der Waals surface area contributed by atoms with Gasteiger partial charge in [-0.25, -0.2) is 0 Å². The molecule has 1 aromatic rings. The number of nitrogens with zero attached hydrogens (tertiary/aromatic N) is 1. The van der Waals surface area contributed by atoms with Gasteiger partial charge in [0.05, 0.1) is 0 Å². The van der Waals surface area contributed by atoms with Crippen LogP contribution in [0.1, 0.15) is 58.3 Å². The van der Waals surface area contributed by atoms with Crippen LogP contribution in [0, 0.1) is 0 Å². The Balaban J connectivity index is 2.35. The van der Waals surface area contributed by atoms with Crippen molar-refractivity contribution in [3.63, 3.8) is 0 Å². The van der Waals surface area contributed by atoms with Gasteiger partial charge in [0.2, 0.25) is 0 Å². The van der Waals surface area contributed by atoms with E-state index in [2.05, 4.69) is 45.9 Å². The second kappa shape index (κ2) is 3.33. The molecule has 2 rings (SSSR count). The van der Waals surface area contributed by atoms with Crippen molar-refractivity contribution in [3.05, 3.63) is 29.6 Å². The van der Waals surface area contributed by atoms with E-state index in [4.69, 9.17) is 4.98 Å². The van der Waals surface area contributed by atoms with Gasteiger partial charge in [-0.1, -0.05) is 40.2 Å². The topological polar surface area (TPSA) is 12.9 Å². The zero-order valence-electron chi connectivity index (χ0n) is 10.3. The second-order valence-electron chi connectivity index (χ2n) is 6.07. The van der Waals surface area contributed by atoms with Crippen LogP contribution in [0.4, 0.5) is 0 Å². The average Bonchev–Trinajstić information content (AvgIpc) is 2.13. The third-order valence-corrected chi connectivity index (χ3v) is 3.59. The molecule has 1 heterocycles. The Morgan fingerprint density at radius 1 is 1.20 bits per heavy atom. The Bertz CT molecular complexity index is 356. The molecule has 0 aliphatic heterocycles. The summed E-state index contributed by atoms with van der Waals surface area (Å²) in [6, 6.07) is 6.49. The second-order valence-corrected chi connectivity index (χ2v) is 6.07. The first-order chi connectivity index (χ1) is 6.92. The van der Waals surface area contributed by atoms with E-state index in [-0.39, 0.29) is 5.41 Å². The van der Waals surface area contributed by atoms with E-state index in [9.17, 15) is 0 Å². The normalized spacial score (nSPS) is 19.7. The molecule has 0 amide bonds. The first-order valence-corrected chi connectivity index (χ1v) is 5.90. The van der Waals surface area contributed by atoms with Gasteiger partial charge in [-0.15, -0.1) is 0 Å². The molecule has 1 aromatic heterocycles. The summed E-state index contributed by atoms with van der Waals surface area (Å²) < 4.78 is 0. The van der Waals surface area contributed by atoms with Crippen molar-refractivity contribution in [1.82, 2.24) is 4.98 Å². The third kappa shape index (κ3) is 1.92. The van der Waals surface area contributed by atoms with Crippen LogP contribution in [0.2, 0.25) is 0 Å². The summed E-state index contributed by atoms with van der Waals surface area (Å²) in [5.74, 6) is 0. The van der Waals surface area contributed by atoms with Gasteiger partial charge in [0.15, 0.2) is 0 Å². The molecule has 1 aliphatic rings. The predicted molar refractivity (Wildman–Crippen MR) is 64.1 cm³/mol. The molecule has 0 bridgehead atoms. The molecule has 0 unspecified atom stereocenters. The predicted octanol–water partition coefficient (Wildman–Crippen LogP) is 3.82. The summed E-state index contributed by atoms with van der Waals surface area (Å²) in [6.07, 6.45) is 3.96. The monoisotopic (exact) mass is 203 g/mol. The minimum atomic E-state index is 0.163. The SMILES string of the molecule is CC(C)(C)c1cccc(C2(C)CCC2)n1. The van der Waals surface area contributed by atoms with E-state index in [0.29, 0.717) is 5.41 Å². The maximum absolute atomic E-state index is 4.84. The van der Waals surface area contributed by atoms with E-state index in [1.54, 1.807) is 0 Å². The summed E-state index contributed by atoms with van der Waals surface area (Å²) in [4.78, 5) is 4.84. The lowest BCUT2D eigenvalue weighted by molar-refractivity contribution is 0.263. The molecule has 15 heavy (non-hydrogen) atoms. The van der Waals surface area contributed by atoms with Crippen LogP contribution in [0.3, 0.4) is 0 Å². The molecule has 0 atom stereocenters. The number of hydrogen-bond donors (Lipinski definition) is 0. The van der Waals surface area contributed by atoms with Crippen LogP contribution >= 0.6 is 0 Å². The van der Waals surface area contributed by atoms with Crippen molar-refractivity contribution in [2.24, 2.45) is 0 Å². The standard InChI is InChI=1S/C14H21N/c1-13(2,3)11-7-5-8-12(15-11)14(4)9-6-10-14/h5,7-8H,6,9-10H2,1-4H3. The average molecular weight is 203 g/mol. The molecule has 0 radical (unpaired) electrons. The molecule has 82 valence electrons. The molecule has 0 spiro atoms.